The minimum atomic E-state index is -1.01. The van der Waals surface area contributed by atoms with Crippen molar-refractivity contribution in [1.82, 2.24) is 9.99 Å². The molecule has 1 aromatic heterocycles. The fourth-order valence-electron chi connectivity index (χ4n) is 3.15. The molecule has 0 atom stereocenters. The maximum Gasteiger partial charge on any atom is 0.335 e. The predicted molar refractivity (Wildman–Crippen MR) is 113 cm³/mol. The molecule has 7 heteroatoms. The Morgan fingerprint density at radius 1 is 0.933 bits per heavy atom. The van der Waals surface area contributed by atoms with Gasteiger partial charge in [-0.2, -0.15) is 5.10 Å². The Bertz CT molecular complexity index is 1290. The highest BCUT2D eigenvalue weighted by molar-refractivity contribution is 6.01. The van der Waals surface area contributed by atoms with Gasteiger partial charge in [-0.3, -0.25) is 4.79 Å². The first-order valence-electron chi connectivity index (χ1n) is 9.09. The lowest BCUT2D eigenvalue weighted by molar-refractivity contribution is 0.0696. The van der Waals surface area contributed by atoms with E-state index in [0.29, 0.717) is 11.4 Å². The summed E-state index contributed by atoms with van der Waals surface area (Å²) in [5.41, 5.74) is 4.00. The van der Waals surface area contributed by atoms with Gasteiger partial charge in [0.2, 0.25) is 0 Å². The number of nitrogens with one attached hydrogen (secondary N) is 1. The molecule has 0 fully saturated rings. The standard InChI is InChI=1S/C23H17N3O4/c27-21-13-16-6-2-1-5-15(16)12-20(21)22(28)25-24-14-19-9-4-10-26(19)18-8-3-7-17(11-18)23(29)30/h1-14,27H,(H,25,28)(H,29,30). The van der Waals surface area contributed by atoms with E-state index in [-0.39, 0.29) is 16.9 Å². The monoisotopic (exact) mass is 399 g/mol. The van der Waals surface area contributed by atoms with Crippen LogP contribution in [0.2, 0.25) is 0 Å². The highest BCUT2D eigenvalue weighted by Gasteiger charge is 2.12. The van der Waals surface area contributed by atoms with Crippen LogP contribution in [0.3, 0.4) is 0 Å². The number of fused-ring (bicyclic) bond motifs is 1. The van der Waals surface area contributed by atoms with Crippen LogP contribution in [0.1, 0.15) is 26.4 Å². The van der Waals surface area contributed by atoms with E-state index in [1.807, 2.05) is 24.3 Å². The summed E-state index contributed by atoms with van der Waals surface area (Å²) in [4.78, 5) is 23.7. The quantitative estimate of drug-likeness (QED) is 0.351. The number of carbonyl (C=O) groups is 2. The van der Waals surface area contributed by atoms with Crippen LogP contribution in [-0.2, 0) is 0 Å². The highest BCUT2D eigenvalue weighted by Crippen LogP contribution is 2.24. The lowest BCUT2D eigenvalue weighted by atomic mass is 10.1. The van der Waals surface area contributed by atoms with Crippen molar-refractivity contribution in [2.45, 2.75) is 0 Å². The van der Waals surface area contributed by atoms with Crippen molar-refractivity contribution >= 4 is 28.9 Å². The van der Waals surface area contributed by atoms with E-state index in [4.69, 9.17) is 0 Å². The van der Waals surface area contributed by atoms with E-state index in [9.17, 15) is 19.8 Å². The molecule has 0 saturated carbocycles. The summed E-state index contributed by atoms with van der Waals surface area (Å²) in [5, 5.41) is 25.0. The Balaban J connectivity index is 1.54. The molecular formula is C23H17N3O4. The molecule has 0 spiro atoms. The predicted octanol–water partition coefficient (Wildman–Crippen LogP) is 3.80. The number of carbonyl (C=O) groups excluding carboxylic acids is 1. The summed E-state index contributed by atoms with van der Waals surface area (Å²) in [5.74, 6) is -1.68. The van der Waals surface area contributed by atoms with Crippen LogP contribution in [0.25, 0.3) is 16.5 Å². The first-order chi connectivity index (χ1) is 14.5. The van der Waals surface area contributed by atoms with Crippen molar-refractivity contribution < 1.29 is 19.8 Å². The van der Waals surface area contributed by atoms with E-state index in [1.54, 1.807) is 47.2 Å². The number of benzene rings is 3. The minimum Gasteiger partial charge on any atom is -0.507 e. The number of hydrogen-bond donors (Lipinski definition) is 3. The SMILES string of the molecule is O=C(O)c1cccc(-n2cccc2C=NNC(=O)c2cc3ccccc3cc2O)c1. The molecule has 30 heavy (non-hydrogen) atoms. The molecule has 0 radical (unpaired) electrons. The van der Waals surface area contributed by atoms with Crippen molar-refractivity contribution in [2.24, 2.45) is 5.10 Å². The van der Waals surface area contributed by atoms with E-state index < -0.39 is 11.9 Å². The average Bonchev–Trinajstić information content (AvgIpc) is 3.21. The number of hydrogen-bond acceptors (Lipinski definition) is 4. The number of carboxylic acid groups (broad SMARTS) is 1. The summed E-state index contributed by atoms with van der Waals surface area (Å²) >= 11 is 0. The zero-order valence-corrected chi connectivity index (χ0v) is 15.7. The molecule has 0 saturated heterocycles. The first-order valence-corrected chi connectivity index (χ1v) is 9.09. The number of nitrogens with zero attached hydrogens (tertiary/aromatic N) is 2. The smallest absolute Gasteiger partial charge is 0.335 e. The molecule has 0 unspecified atom stereocenters. The van der Waals surface area contributed by atoms with Crippen LogP contribution in [0, 0.1) is 0 Å². The fourth-order valence-corrected chi connectivity index (χ4v) is 3.15. The minimum absolute atomic E-state index is 0.121. The second kappa shape index (κ2) is 7.92. The molecule has 0 aliphatic carbocycles. The number of aromatic nitrogens is 1. The zero-order chi connectivity index (χ0) is 21.1. The molecule has 4 aromatic rings. The van der Waals surface area contributed by atoms with Gasteiger partial charge in [0.15, 0.2) is 0 Å². The molecule has 0 bridgehead atoms. The van der Waals surface area contributed by atoms with Gasteiger partial charge in [-0.25, -0.2) is 10.2 Å². The number of aromatic hydroxyl groups is 1. The van der Waals surface area contributed by atoms with Gasteiger partial charge >= 0.3 is 5.97 Å². The van der Waals surface area contributed by atoms with Crippen molar-refractivity contribution in [3.63, 3.8) is 0 Å². The third-order valence-electron chi connectivity index (χ3n) is 4.62. The lowest BCUT2D eigenvalue weighted by Crippen LogP contribution is -2.18. The molecule has 4 rings (SSSR count). The third kappa shape index (κ3) is 3.77. The Labute approximate surface area is 171 Å². The van der Waals surface area contributed by atoms with Crippen LogP contribution in [0.15, 0.2) is 84.1 Å². The average molecular weight is 399 g/mol. The summed E-state index contributed by atoms with van der Waals surface area (Å²) < 4.78 is 1.75. The van der Waals surface area contributed by atoms with Gasteiger partial charge in [0.05, 0.1) is 23.0 Å². The maximum absolute atomic E-state index is 12.5. The Kier molecular flexibility index (Phi) is 5.00. The largest absolute Gasteiger partial charge is 0.507 e. The number of aromatic carboxylic acids is 1. The zero-order valence-electron chi connectivity index (χ0n) is 15.7. The Morgan fingerprint density at radius 2 is 1.70 bits per heavy atom. The number of carboxylic acids is 1. The molecule has 1 heterocycles. The third-order valence-corrected chi connectivity index (χ3v) is 4.62. The van der Waals surface area contributed by atoms with Crippen molar-refractivity contribution in [3.8, 4) is 11.4 Å². The molecule has 7 nitrogen and oxygen atoms in total. The van der Waals surface area contributed by atoms with Crippen molar-refractivity contribution in [3.05, 3.63) is 95.8 Å². The van der Waals surface area contributed by atoms with Gasteiger partial charge in [-0.15, -0.1) is 0 Å². The Morgan fingerprint density at radius 3 is 2.47 bits per heavy atom. The van der Waals surface area contributed by atoms with Gasteiger partial charge in [0.25, 0.3) is 5.91 Å². The summed E-state index contributed by atoms with van der Waals surface area (Å²) in [6, 6.07) is 20.6. The number of phenolic OH excluding ortho intramolecular Hbond substituents is 1. The van der Waals surface area contributed by atoms with E-state index >= 15 is 0 Å². The van der Waals surface area contributed by atoms with Gasteiger partial charge < -0.3 is 14.8 Å². The lowest BCUT2D eigenvalue weighted by Gasteiger charge is -2.08. The van der Waals surface area contributed by atoms with E-state index in [1.165, 1.54) is 18.3 Å². The van der Waals surface area contributed by atoms with Gasteiger partial charge in [-0.1, -0.05) is 30.3 Å². The number of amides is 1. The van der Waals surface area contributed by atoms with Crippen molar-refractivity contribution in [2.75, 3.05) is 0 Å². The second-order valence-corrected chi connectivity index (χ2v) is 6.57. The molecule has 0 aliphatic rings. The van der Waals surface area contributed by atoms with Gasteiger partial charge in [0.1, 0.15) is 5.75 Å². The van der Waals surface area contributed by atoms with Gasteiger partial charge in [-0.05, 0) is 53.2 Å². The molecule has 1 amide bonds. The Hall–Kier alpha value is -4.39. The molecule has 3 aromatic carbocycles. The molecule has 0 aliphatic heterocycles. The van der Waals surface area contributed by atoms with Crippen LogP contribution in [0.5, 0.6) is 5.75 Å². The highest BCUT2D eigenvalue weighted by atomic mass is 16.4. The fraction of sp³-hybridized carbons (Fsp3) is 0. The second-order valence-electron chi connectivity index (χ2n) is 6.57. The van der Waals surface area contributed by atoms with Crippen molar-refractivity contribution in [1.29, 1.82) is 0 Å². The number of rotatable bonds is 5. The summed E-state index contributed by atoms with van der Waals surface area (Å²) in [6.07, 6.45) is 3.21. The summed E-state index contributed by atoms with van der Waals surface area (Å²) in [6.45, 7) is 0. The number of hydrazone groups is 1. The molecular weight excluding hydrogens is 382 g/mol. The topological polar surface area (TPSA) is 104 Å². The maximum atomic E-state index is 12.5. The van der Waals surface area contributed by atoms with Crippen LogP contribution in [0.4, 0.5) is 0 Å². The van der Waals surface area contributed by atoms with Crippen LogP contribution < -0.4 is 5.43 Å². The van der Waals surface area contributed by atoms with Gasteiger partial charge in [0, 0.05) is 11.9 Å². The normalized spacial score (nSPS) is 11.1. The van der Waals surface area contributed by atoms with Crippen LogP contribution in [-0.4, -0.2) is 32.9 Å². The number of phenols is 1. The van der Waals surface area contributed by atoms with E-state index in [2.05, 4.69) is 10.5 Å². The first kappa shape index (κ1) is 18.9. The van der Waals surface area contributed by atoms with E-state index in [0.717, 1.165) is 10.8 Å². The molecule has 3 N–H and O–H groups in total. The van der Waals surface area contributed by atoms with Crippen LogP contribution >= 0.6 is 0 Å². The molecule has 148 valence electrons. The summed E-state index contributed by atoms with van der Waals surface area (Å²) in [7, 11) is 0.